The van der Waals surface area contributed by atoms with E-state index >= 15 is 0 Å². The van der Waals surface area contributed by atoms with Gasteiger partial charge in [0.05, 0.1) is 34.6 Å². The van der Waals surface area contributed by atoms with E-state index in [2.05, 4.69) is 16.3 Å². The number of para-hydroxylation sites is 1. The summed E-state index contributed by atoms with van der Waals surface area (Å²) in [5, 5.41) is 28.2. The van der Waals surface area contributed by atoms with Crippen molar-refractivity contribution in [1.82, 2.24) is 19.6 Å². The van der Waals surface area contributed by atoms with Crippen LogP contribution in [0.1, 0.15) is 27.4 Å². The molecule has 2 heterocycles. The largest absolute Gasteiger partial charge is 0.476 e. The normalized spacial score (nSPS) is 10.8. The van der Waals surface area contributed by atoms with Crippen LogP contribution >= 0.6 is 0 Å². The number of aryl methyl sites for hydroxylation is 1. The van der Waals surface area contributed by atoms with E-state index in [1.807, 2.05) is 30.3 Å². The van der Waals surface area contributed by atoms with Gasteiger partial charge in [0.1, 0.15) is 6.07 Å². The van der Waals surface area contributed by atoms with E-state index in [1.54, 1.807) is 35.9 Å². The summed E-state index contributed by atoms with van der Waals surface area (Å²) in [4.78, 5) is 24.7. The predicted molar refractivity (Wildman–Crippen MR) is 105 cm³/mol. The third kappa shape index (κ3) is 3.04. The molecule has 2 aromatic carbocycles. The highest BCUT2D eigenvalue weighted by atomic mass is 16.4. The Bertz CT molecular complexity index is 1350. The fourth-order valence-electron chi connectivity index (χ4n) is 3.29. The van der Waals surface area contributed by atoms with Crippen molar-refractivity contribution in [2.24, 2.45) is 0 Å². The summed E-state index contributed by atoms with van der Waals surface area (Å²) in [5.41, 5.74) is 1.36. The van der Waals surface area contributed by atoms with Crippen molar-refractivity contribution in [2.75, 3.05) is 0 Å². The van der Waals surface area contributed by atoms with Gasteiger partial charge in [-0.2, -0.15) is 15.5 Å². The van der Waals surface area contributed by atoms with E-state index in [0.29, 0.717) is 17.0 Å². The molecule has 1 N–H and O–H groups in total. The molecule has 0 amide bonds. The SMILES string of the molecule is Cc1nn(-c2ccccc2)c(Cn2nc(C(=O)O)c3ccccc3c2=O)c1C#N. The molecule has 4 aromatic rings. The number of hydrogen-bond acceptors (Lipinski definition) is 5. The van der Waals surface area contributed by atoms with Crippen LogP contribution in [0, 0.1) is 18.3 Å². The van der Waals surface area contributed by atoms with Crippen molar-refractivity contribution in [3.8, 4) is 11.8 Å². The number of carbonyl (C=O) groups is 1. The van der Waals surface area contributed by atoms with Crippen molar-refractivity contribution in [2.45, 2.75) is 13.5 Å². The molecule has 8 nitrogen and oxygen atoms in total. The van der Waals surface area contributed by atoms with Crippen molar-refractivity contribution < 1.29 is 9.90 Å². The van der Waals surface area contributed by atoms with Gasteiger partial charge in [0.25, 0.3) is 5.56 Å². The lowest BCUT2D eigenvalue weighted by Gasteiger charge is -2.11. The van der Waals surface area contributed by atoms with Gasteiger partial charge in [0, 0.05) is 5.39 Å². The molecule has 29 heavy (non-hydrogen) atoms. The quantitative estimate of drug-likeness (QED) is 0.577. The molecule has 0 aliphatic rings. The van der Waals surface area contributed by atoms with Gasteiger partial charge >= 0.3 is 5.97 Å². The van der Waals surface area contributed by atoms with Gasteiger partial charge in [-0.3, -0.25) is 4.79 Å². The van der Waals surface area contributed by atoms with Gasteiger partial charge in [-0.15, -0.1) is 0 Å². The lowest BCUT2D eigenvalue weighted by molar-refractivity contribution is 0.0690. The molecule has 8 heteroatoms. The third-order valence-electron chi connectivity index (χ3n) is 4.64. The first kappa shape index (κ1) is 18.1. The molecular weight excluding hydrogens is 370 g/mol. The fourth-order valence-corrected chi connectivity index (χ4v) is 3.29. The number of nitrogens with zero attached hydrogens (tertiary/aromatic N) is 5. The van der Waals surface area contributed by atoms with Crippen LogP contribution in [0.2, 0.25) is 0 Å². The fraction of sp³-hybridized carbons (Fsp3) is 0.0952. The van der Waals surface area contributed by atoms with Crippen LogP contribution < -0.4 is 5.56 Å². The predicted octanol–water partition coefficient (Wildman–Crippen LogP) is 2.51. The van der Waals surface area contributed by atoms with Crippen LogP contribution in [-0.4, -0.2) is 30.6 Å². The van der Waals surface area contributed by atoms with Gasteiger partial charge in [0.15, 0.2) is 5.69 Å². The standard InChI is InChI=1S/C21H15N5O3/c1-13-17(11-22)18(26(23-13)14-7-3-2-4-8-14)12-25-20(27)16-10-6-5-9-15(16)19(24-25)21(28)29/h2-10H,12H2,1H3,(H,28,29). The molecule has 0 atom stereocenters. The Balaban J connectivity index is 1.95. The molecule has 0 saturated carbocycles. The zero-order chi connectivity index (χ0) is 20.5. The molecule has 0 fully saturated rings. The minimum atomic E-state index is -1.23. The molecule has 142 valence electrons. The van der Waals surface area contributed by atoms with E-state index in [-0.39, 0.29) is 23.0 Å². The van der Waals surface area contributed by atoms with E-state index < -0.39 is 11.5 Å². The van der Waals surface area contributed by atoms with Gasteiger partial charge in [-0.05, 0) is 25.1 Å². The average molecular weight is 385 g/mol. The third-order valence-corrected chi connectivity index (χ3v) is 4.64. The van der Waals surface area contributed by atoms with Gasteiger partial charge in [0.2, 0.25) is 0 Å². The first-order valence-corrected chi connectivity index (χ1v) is 8.78. The van der Waals surface area contributed by atoms with Crippen LogP contribution in [0.4, 0.5) is 0 Å². The zero-order valence-electron chi connectivity index (χ0n) is 15.4. The van der Waals surface area contributed by atoms with Crippen LogP contribution in [0.5, 0.6) is 0 Å². The highest BCUT2D eigenvalue weighted by molar-refractivity contribution is 6.01. The number of aromatic nitrogens is 4. The molecule has 4 rings (SSSR count). The average Bonchev–Trinajstić information content (AvgIpc) is 3.05. The number of benzene rings is 2. The first-order chi connectivity index (χ1) is 14.0. The molecular formula is C21H15N5O3. The monoisotopic (exact) mass is 385 g/mol. The molecule has 0 saturated heterocycles. The second-order valence-corrected chi connectivity index (χ2v) is 6.43. The van der Waals surface area contributed by atoms with Gasteiger partial charge < -0.3 is 5.11 Å². The maximum absolute atomic E-state index is 13.0. The molecule has 0 bridgehead atoms. The summed E-state index contributed by atoms with van der Waals surface area (Å²) in [6.45, 7) is 1.61. The first-order valence-electron chi connectivity index (χ1n) is 8.78. The Hall–Kier alpha value is -4.25. The number of carboxylic acids is 1. The van der Waals surface area contributed by atoms with Crippen molar-refractivity contribution >= 4 is 16.7 Å². The molecule has 0 radical (unpaired) electrons. The lowest BCUT2D eigenvalue weighted by atomic mass is 10.1. The summed E-state index contributed by atoms with van der Waals surface area (Å²) >= 11 is 0. The lowest BCUT2D eigenvalue weighted by Crippen LogP contribution is -2.27. The number of carboxylic acid groups (broad SMARTS) is 1. The number of rotatable bonds is 4. The summed E-state index contributed by atoms with van der Waals surface area (Å²) in [6.07, 6.45) is 0. The number of nitriles is 1. The van der Waals surface area contributed by atoms with Gasteiger partial charge in [-0.25, -0.2) is 14.2 Å². The number of hydrogen-bond donors (Lipinski definition) is 1. The van der Waals surface area contributed by atoms with Gasteiger partial charge in [-0.1, -0.05) is 36.4 Å². The zero-order valence-corrected chi connectivity index (χ0v) is 15.4. The van der Waals surface area contributed by atoms with Crippen molar-refractivity contribution in [1.29, 1.82) is 5.26 Å². The molecule has 0 aliphatic carbocycles. The maximum Gasteiger partial charge on any atom is 0.357 e. The molecule has 2 aromatic heterocycles. The van der Waals surface area contributed by atoms with E-state index in [0.717, 1.165) is 10.4 Å². The highest BCUT2D eigenvalue weighted by Crippen LogP contribution is 2.20. The minimum Gasteiger partial charge on any atom is -0.476 e. The second-order valence-electron chi connectivity index (χ2n) is 6.43. The Morgan fingerprint density at radius 1 is 1.07 bits per heavy atom. The maximum atomic E-state index is 13.0. The molecule has 0 spiro atoms. The summed E-state index contributed by atoms with van der Waals surface area (Å²) in [6, 6.07) is 17.8. The highest BCUT2D eigenvalue weighted by Gasteiger charge is 2.20. The van der Waals surface area contributed by atoms with Crippen LogP contribution in [-0.2, 0) is 6.54 Å². The Labute approximate surface area is 164 Å². The molecule has 0 unspecified atom stereocenters. The Morgan fingerprint density at radius 3 is 2.38 bits per heavy atom. The topological polar surface area (TPSA) is 114 Å². The minimum absolute atomic E-state index is 0.0947. The summed E-state index contributed by atoms with van der Waals surface area (Å²) in [7, 11) is 0. The van der Waals surface area contributed by atoms with Crippen LogP contribution in [0.15, 0.2) is 59.4 Å². The smallest absolute Gasteiger partial charge is 0.357 e. The summed E-state index contributed by atoms with van der Waals surface area (Å²) < 4.78 is 2.65. The van der Waals surface area contributed by atoms with E-state index in [1.165, 1.54) is 0 Å². The second kappa shape index (κ2) is 7.05. The van der Waals surface area contributed by atoms with Crippen molar-refractivity contribution in [3.05, 3.63) is 87.6 Å². The van der Waals surface area contributed by atoms with Crippen LogP contribution in [0.3, 0.4) is 0 Å². The Morgan fingerprint density at radius 2 is 1.72 bits per heavy atom. The summed E-state index contributed by atoms with van der Waals surface area (Å²) in [5.74, 6) is -1.23. The van der Waals surface area contributed by atoms with E-state index in [4.69, 9.17) is 0 Å². The molecule has 0 aliphatic heterocycles. The number of aromatic carboxylic acids is 1. The van der Waals surface area contributed by atoms with Crippen molar-refractivity contribution in [3.63, 3.8) is 0 Å². The Kier molecular flexibility index (Phi) is 4.41. The van der Waals surface area contributed by atoms with E-state index in [9.17, 15) is 20.0 Å². The van der Waals surface area contributed by atoms with Crippen LogP contribution in [0.25, 0.3) is 16.5 Å². The number of fused-ring (bicyclic) bond motifs is 1.